The molecule has 0 aliphatic rings. The van der Waals surface area contributed by atoms with Crippen molar-refractivity contribution >= 4 is 28.3 Å². The third-order valence-corrected chi connectivity index (χ3v) is 4.34. The lowest BCUT2D eigenvalue weighted by Crippen LogP contribution is -2.25. The average molecular weight is 329 g/mol. The zero-order valence-electron chi connectivity index (χ0n) is 13.4. The van der Waals surface area contributed by atoms with Crippen molar-refractivity contribution in [1.29, 1.82) is 0 Å². The molecule has 120 valence electrons. The normalized spacial score (nSPS) is 11.3. The summed E-state index contributed by atoms with van der Waals surface area (Å²) in [5.74, 6) is -0.122. The number of rotatable bonds is 5. The number of hydrogen-bond donors (Lipinski definition) is 1. The van der Waals surface area contributed by atoms with Crippen molar-refractivity contribution < 1.29 is 4.79 Å². The number of hydrogen-bond acceptors (Lipinski definition) is 5. The van der Waals surface area contributed by atoms with Gasteiger partial charge in [0.15, 0.2) is 5.65 Å². The van der Waals surface area contributed by atoms with Crippen LogP contribution in [0.25, 0.3) is 11.0 Å². The van der Waals surface area contributed by atoms with Crippen molar-refractivity contribution in [3.8, 4) is 0 Å². The molecule has 0 saturated heterocycles. The van der Waals surface area contributed by atoms with Crippen molar-refractivity contribution in [3.63, 3.8) is 0 Å². The molecule has 3 rings (SSSR count). The van der Waals surface area contributed by atoms with E-state index in [0.29, 0.717) is 12.1 Å². The SMILES string of the molecule is Cc1nc(CCNC(=O)c2cnc3c(cnn3C(C)C)c2)cs1. The van der Waals surface area contributed by atoms with E-state index in [0.717, 1.165) is 28.2 Å². The van der Waals surface area contributed by atoms with Gasteiger partial charge in [0.25, 0.3) is 5.91 Å². The summed E-state index contributed by atoms with van der Waals surface area (Å²) in [7, 11) is 0. The second-order valence-corrected chi connectivity index (χ2v) is 6.75. The smallest absolute Gasteiger partial charge is 0.252 e. The van der Waals surface area contributed by atoms with Crippen molar-refractivity contribution in [2.45, 2.75) is 33.2 Å². The number of carbonyl (C=O) groups excluding carboxylic acids is 1. The van der Waals surface area contributed by atoms with Crippen LogP contribution in [0.4, 0.5) is 0 Å². The predicted molar refractivity (Wildman–Crippen MR) is 90.8 cm³/mol. The number of amides is 1. The van der Waals surface area contributed by atoms with Gasteiger partial charge < -0.3 is 5.32 Å². The van der Waals surface area contributed by atoms with E-state index in [2.05, 4.69) is 34.2 Å². The fraction of sp³-hybridized carbons (Fsp3) is 0.375. The van der Waals surface area contributed by atoms with E-state index in [9.17, 15) is 4.79 Å². The summed E-state index contributed by atoms with van der Waals surface area (Å²) in [5, 5.41) is 11.2. The van der Waals surface area contributed by atoms with Crippen LogP contribution < -0.4 is 5.32 Å². The van der Waals surface area contributed by atoms with Crippen LogP contribution >= 0.6 is 11.3 Å². The molecule has 0 radical (unpaired) electrons. The topological polar surface area (TPSA) is 72.7 Å². The van der Waals surface area contributed by atoms with Crippen molar-refractivity contribution in [3.05, 3.63) is 40.1 Å². The molecule has 0 aliphatic carbocycles. The van der Waals surface area contributed by atoms with Crippen LogP contribution in [0.2, 0.25) is 0 Å². The Hall–Kier alpha value is -2.28. The molecule has 0 bridgehead atoms. The van der Waals surface area contributed by atoms with E-state index < -0.39 is 0 Å². The highest BCUT2D eigenvalue weighted by atomic mass is 32.1. The minimum absolute atomic E-state index is 0.122. The van der Waals surface area contributed by atoms with Gasteiger partial charge in [0.2, 0.25) is 0 Å². The maximum Gasteiger partial charge on any atom is 0.252 e. The van der Waals surface area contributed by atoms with Crippen LogP contribution in [-0.2, 0) is 6.42 Å². The monoisotopic (exact) mass is 329 g/mol. The van der Waals surface area contributed by atoms with Crippen molar-refractivity contribution in [1.82, 2.24) is 25.1 Å². The summed E-state index contributed by atoms with van der Waals surface area (Å²) in [6, 6.07) is 2.07. The van der Waals surface area contributed by atoms with Gasteiger partial charge in [-0.1, -0.05) is 0 Å². The summed E-state index contributed by atoms with van der Waals surface area (Å²) in [6.45, 7) is 6.64. The highest BCUT2D eigenvalue weighted by Gasteiger charge is 2.11. The summed E-state index contributed by atoms with van der Waals surface area (Å²) >= 11 is 1.62. The van der Waals surface area contributed by atoms with Crippen LogP contribution in [0.3, 0.4) is 0 Å². The molecule has 1 N–H and O–H groups in total. The second kappa shape index (κ2) is 6.45. The number of nitrogens with zero attached hydrogens (tertiary/aromatic N) is 4. The van der Waals surface area contributed by atoms with E-state index in [-0.39, 0.29) is 11.9 Å². The molecular formula is C16H19N5OS. The number of aromatic nitrogens is 4. The fourth-order valence-electron chi connectivity index (χ4n) is 2.37. The first-order chi connectivity index (χ1) is 11.0. The van der Waals surface area contributed by atoms with Gasteiger partial charge in [0, 0.05) is 36.0 Å². The molecule has 0 aromatic carbocycles. The Labute approximate surface area is 138 Å². The second-order valence-electron chi connectivity index (χ2n) is 5.68. The molecule has 0 fully saturated rings. The summed E-state index contributed by atoms with van der Waals surface area (Å²) in [6.07, 6.45) is 4.08. The van der Waals surface area contributed by atoms with Crippen LogP contribution in [-0.4, -0.2) is 32.2 Å². The third-order valence-electron chi connectivity index (χ3n) is 3.52. The molecule has 3 aromatic heterocycles. The molecule has 1 amide bonds. The average Bonchev–Trinajstić information content (AvgIpc) is 3.12. The lowest BCUT2D eigenvalue weighted by Gasteiger charge is -2.07. The van der Waals surface area contributed by atoms with Gasteiger partial charge in [-0.15, -0.1) is 11.3 Å². The van der Waals surface area contributed by atoms with E-state index in [1.807, 2.05) is 23.1 Å². The number of fused-ring (bicyclic) bond motifs is 1. The molecule has 0 aliphatic heterocycles. The molecule has 3 heterocycles. The van der Waals surface area contributed by atoms with Crippen LogP contribution in [0.5, 0.6) is 0 Å². The molecular weight excluding hydrogens is 310 g/mol. The molecule has 0 saturated carbocycles. The number of nitrogens with one attached hydrogen (secondary N) is 1. The van der Waals surface area contributed by atoms with Gasteiger partial charge in [-0.3, -0.25) is 4.79 Å². The van der Waals surface area contributed by atoms with Gasteiger partial charge in [-0.2, -0.15) is 5.10 Å². The standard InChI is InChI=1S/C16H19N5OS/c1-10(2)21-15-12(8-19-21)6-13(7-18-15)16(22)17-5-4-14-9-23-11(3)20-14/h6-10H,4-5H2,1-3H3,(H,17,22). The van der Waals surface area contributed by atoms with Crippen LogP contribution in [0.15, 0.2) is 23.8 Å². The summed E-state index contributed by atoms with van der Waals surface area (Å²) < 4.78 is 1.85. The van der Waals surface area contributed by atoms with E-state index in [1.165, 1.54) is 0 Å². The highest BCUT2D eigenvalue weighted by molar-refractivity contribution is 7.09. The van der Waals surface area contributed by atoms with Gasteiger partial charge in [-0.05, 0) is 26.8 Å². The van der Waals surface area contributed by atoms with Gasteiger partial charge in [0.1, 0.15) is 0 Å². The first-order valence-electron chi connectivity index (χ1n) is 7.57. The van der Waals surface area contributed by atoms with Crippen molar-refractivity contribution in [2.24, 2.45) is 0 Å². The summed E-state index contributed by atoms with van der Waals surface area (Å²) in [4.78, 5) is 21.0. The zero-order chi connectivity index (χ0) is 16.4. The third kappa shape index (κ3) is 3.39. The Bertz CT molecular complexity index is 836. The Morgan fingerprint density at radius 2 is 2.22 bits per heavy atom. The Balaban J connectivity index is 1.66. The van der Waals surface area contributed by atoms with E-state index in [1.54, 1.807) is 23.7 Å². The van der Waals surface area contributed by atoms with Gasteiger partial charge >= 0.3 is 0 Å². The summed E-state index contributed by atoms with van der Waals surface area (Å²) in [5.41, 5.74) is 2.37. The Morgan fingerprint density at radius 3 is 2.91 bits per heavy atom. The molecule has 0 unspecified atom stereocenters. The predicted octanol–water partition coefficient (Wildman–Crippen LogP) is 2.75. The van der Waals surface area contributed by atoms with Crippen LogP contribution in [0, 0.1) is 6.92 Å². The Morgan fingerprint density at radius 1 is 1.39 bits per heavy atom. The van der Waals surface area contributed by atoms with Crippen LogP contribution in [0.1, 0.15) is 40.9 Å². The van der Waals surface area contributed by atoms with Gasteiger partial charge in [-0.25, -0.2) is 14.6 Å². The van der Waals surface area contributed by atoms with Crippen molar-refractivity contribution in [2.75, 3.05) is 6.54 Å². The number of pyridine rings is 1. The lowest BCUT2D eigenvalue weighted by molar-refractivity contribution is 0.0954. The zero-order valence-corrected chi connectivity index (χ0v) is 14.2. The number of thiazole rings is 1. The molecule has 7 heteroatoms. The number of aryl methyl sites for hydroxylation is 1. The minimum atomic E-state index is -0.122. The van der Waals surface area contributed by atoms with E-state index in [4.69, 9.17) is 0 Å². The first kappa shape index (κ1) is 15.6. The largest absolute Gasteiger partial charge is 0.352 e. The Kier molecular flexibility index (Phi) is 4.38. The molecule has 6 nitrogen and oxygen atoms in total. The first-order valence-corrected chi connectivity index (χ1v) is 8.45. The molecule has 23 heavy (non-hydrogen) atoms. The maximum atomic E-state index is 12.2. The maximum absolute atomic E-state index is 12.2. The molecule has 3 aromatic rings. The van der Waals surface area contributed by atoms with E-state index >= 15 is 0 Å². The fourth-order valence-corrected chi connectivity index (χ4v) is 3.02. The highest BCUT2D eigenvalue weighted by Crippen LogP contribution is 2.16. The number of carbonyl (C=O) groups is 1. The lowest BCUT2D eigenvalue weighted by atomic mass is 10.2. The minimum Gasteiger partial charge on any atom is -0.352 e. The quantitative estimate of drug-likeness (QED) is 0.781. The molecule has 0 spiro atoms. The molecule has 0 atom stereocenters. The van der Waals surface area contributed by atoms with Gasteiger partial charge in [0.05, 0.1) is 22.5 Å².